The van der Waals surface area contributed by atoms with Crippen molar-refractivity contribution in [1.82, 2.24) is 5.32 Å². The molecule has 0 spiro atoms. The maximum Gasteiger partial charge on any atom is 0.0669 e. The van der Waals surface area contributed by atoms with E-state index in [0.29, 0.717) is 12.0 Å². The Hall–Kier alpha value is -0.220. The zero-order valence-electron chi connectivity index (χ0n) is 12.3. The number of halogens is 1. The van der Waals surface area contributed by atoms with Gasteiger partial charge in [0.1, 0.15) is 0 Å². The van der Waals surface area contributed by atoms with Gasteiger partial charge in [-0.05, 0) is 43.0 Å². The SMILES string of the molecule is CC(C)CNCc1ccc(Cl)cc1SCC1CCCO1. The first-order valence-corrected chi connectivity index (χ1v) is 8.75. The minimum Gasteiger partial charge on any atom is -0.377 e. The van der Waals surface area contributed by atoms with Crippen molar-refractivity contribution in [2.75, 3.05) is 18.9 Å². The minimum atomic E-state index is 0.412. The highest BCUT2D eigenvalue weighted by atomic mass is 35.5. The first-order valence-electron chi connectivity index (χ1n) is 7.38. The molecule has 112 valence electrons. The second-order valence-electron chi connectivity index (χ2n) is 5.72. The molecule has 1 aromatic rings. The maximum atomic E-state index is 6.13. The Kier molecular flexibility index (Phi) is 6.69. The Labute approximate surface area is 131 Å². The molecule has 1 unspecified atom stereocenters. The Morgan fingerprint density at radius 1 is 1.45 bits per heavy atom. The predicted molar refractivity (Wildman–Crippen MR) is 87.7 cm³/mol. The molecule has 0 saturated carbocycles. The molecule has 1 fully saturated rings. The lowest BCUT2D eigenvalue weighted by molar-refractivity contribution is 0.129. The van der Waals surface area contributed by atoms with Crippen LogP contribution >= 0.6 is 23.4 Å². The van der Waals surface area contributed by atoms with Crippen LogP contribution in [0.15, 0.2) is 23.1 Å². The van der Waals surface area contributed by atoms with E-state index in [1.807, 2.05) is 17.8 Å². The molecular formula is C16H24ClNOS. The lowest BCUT2D eigenvalue weighted by Crippen LogP contribution is -2.19. The molecule has 0 aromatic heterocycles. The fraction of sp³-hybridized carbons (Fsp3) is 0.625. The van der Waals surface area contributed by atoms with Gasteiger partial charge in [-0.1, -0.05) is 31.5 Å². The average molecular weight is 314 g/mol. The van der Waals surface area contributed by atoms with Gasteiger partial charge in [-0.3, -0.25) is 0 Å². The van der Waals surface area contributed by atoms with E-state index >= 15 is 0 Å². The molecule has 1 N–H and O–H groups in total. The van der Waals surface area contributed by atoms with E-state index in [-0.39, 0.29) is 0 Å². The van der Waals surface area contributed by atoms with Crippen LogP contribution in [0.3, 0.4) is 0 Å². The van der Waals surface area contributed by atoms with Crippen molar-refractivity contribution in [2.24, 2.45) is 5.92 Å². The molecule has 0 aliphatic carbocycles. The summed E-state index contributed by atoms with van der Waals surface area (Å²) in [4.78, 5) is 1.28. The number of benzene rings is 1. The predicted octanol–water partition coefficient (Wildman–Crippen LogP) is 4.36. The van der Waals surface area contributed by atoms with Crippen molar-refractivity contribution in [2.45, 2.75) is 44.2 Å². The van der Waals surface area contributed by atoms with Gasteiger partial charge in [0.05, 0.1) is 6.10 Å². The van der Waals surface area contributed by atoms with Gasteiger partial charge in [-0.15, -0.1) is 11.8 Å². The van der Waals surface area contributed by atoms with Gasteiger partial charge >= 0.3 is 0 Å². The molecule has 0 amide bonds. The van der Waals surface area contributed by atoms with Crippen LogP contribution in [0.2, 0.25) is 5.02 Å². The summed E-state index contributed by atoms with van der Waals surface area (Å²) in [6.07, 6.45) is 2.80. The summed E-state index contributed by atoms with van der Waals surface area (Å²) in [6, 6.07) is 6.19. The van der Waals surface area contributed by atoms with Gasteiger partial charge in [-0.2, -0.15) is 0 Å². The van der Waals surface area contributed by atoms with Crippen LogP contribution in [-0.4, -0.2) is 25.0 Å². The molecule has 4 heteroatoms. The van der Waals surface area contributed by atoms with E-state index in [1.165, 1.54) is 23.3 Å². The van der Waals surface area contributed by atoms with Gasteiger partial charge in [0, 0.05) is 28.8 Å². The normalized spacial score (nSPS) is 18.9. The van der Waals surface area contributed by atoms with Crippen molar-refractivity contribution >= 4 is 23.4 Å². The van der Waals surface area contributed by atoms with Crippen LogP contribution in [0.1, 0.15) is 32.3 Å². The molecule has 1 heterocycles. The maximum absolute atomic E-state index is 6.13. The van der Waals surface area contributed by atoms with Gasteiger partial charge in [0.15, 0.2) is 0 Å². The van der Waals surface area contributed by atoms with E-state index in [4.69, 9.17) is 16.3 Å². The number of hydrogen-bond donors (Lipinski definition) is 1. The van der Waals surface area contributed by atoms with E-state index in [0.717, 1.165) is 30.5 Å². The zero-order valence-corrected chi connectivity index (χ0v) is 13.9. The topological polar surface area (TPSA) is 21.3 Å². The summed E-state index contributed by atoms with van der Waals surface area (Å²) in [5, 5.41) is 4.31. The molecule has 1 saturated heterocycles. The fourth-order valence-electron chi connectivity index (χ4n) is 2.26. The van der Waals surface area contributed by atoms with Crippen molar-refractivity contribution in [1.29, 1.82) is 0 Å². The monoisotopic (exact) mass is 313 g/mol. The van der Waals surface area contributed by atoms with Gasteiger partial charge in [0.2, 0.25) is 0 Å². The third-order valence-corrected chi connectivity index (χ3v) is 4.81. The summed E-state index contributed by atoms with van der Waals surface area (Å²) >= 11 is 8.00. The Bertz CT molecular complexity index is 419. The average Bonchev–Trinajstić information content (AvgIpc) is 2.91. The molecule has 20 heavy (non-hydrogen) atoms. The van der Waals surface area contributed by atoms with Crippen LogP contribution in [0, 0.1) is 5.92 Å². The third kappa shape index (κ3) is 5.28. The largest absolute Gasteiger partial charge is 0.377 e. The molecular weight excluding hydrogens is 290 g/mol. The van der Waals surface area contributed by atoms with Gasteiger partial charge < -0.3 is 10.1 Å². The zero-order chi connectivity index (χ0) is 14.4. The number of hydrogen-bond acceptors (Lipinski definition) is 3. The van der Waals surface area contributed by atoms with Crippen LogP contribution < -0.4 is 5.32 Å². The molecule has 1 aliphatic rings. The van der Waals surface area contributed by atoms with E-state index < -0.39 is 0 Å². The van der Waals surface area contributed by atoms with Gasteiger partial charge in [0.25, 0.3) is 0 Å². The first kappa shape index (κ1) is 16.2. The molecule has 2 rings (SSSR count). The van der Waals surface area contributed by atoms with Crippen LogP contribution in [0.4, 0.5) is 0 Å². The highest BCUT2D eigenvalue weighted by Crippen LogP contribution is 2.29. The summed E-state index contributed by atoms with van der Waals surface area (Å²) in [5.41, 5.74) is 1.33. The Balaban J connectivity index is 1.92. The van der Waals surface area contributed by atoms with Crippen molar-refractivity contribution in [3.8, 4) is 0 Å². The van der Waals surface area contributed by atoms with Crippen molar-refractivity contribution < 1.29 is 4.74 Å². The second-order valence-corrected chi connectivity index (χ2v) is 7.22. The highest BCUT2D eigenvalue weighted by molar-refractivity contribution is 7.99. The lowest BCUT2D eigenvalue weighted by Gasteiger charge is -2.14. The smallest absolute Gasteiger partial charge is 0.0669 e. The summed E-state index contributed by atoms with van der Waals surface area (Å²) in [5.74, 6) is 1.70. The van der Waals surface area contributed by atoms with E-state index in [2.05, 4.69) is 31.3 Å². The van der Waals surface area contributed by atoms with Crippen molar-refractivity contribution in [3.05, 3.63) is 28.8 Å². The quantitative estimate of drug-likeness (QED) is 0.756. The summed E-state index contributed by atoms with van der Waals surface area (Å²) < 4.78 is 5.69. The third-order valence-electron chi connectivity index (χ3n) is 3.35. The van der Waals surface area contributed by atoms with E-state index in [1.54, 1.807) is 0 Å². The minimum absolute atomic E-state index is 0.412. The Morgan fingerprint density at radius 2 is 2.30 bits per heavy atom. The summed E-state index contributed by atoms with van der Waals surface area (Å²) in [6.45, 7) is 7.31. The van der Waals surface area contributed by atoms with Crippen LogP contribution in [0.5, 0.6) is 0 Å². The molecule has 1 aliphatic heterocycles. The lowest BCUT2D eigenvalue weighted by atomic mass is 10.2. The molecule has 2 nitrogen and oxygen atoms in total. The Morgan fingerprint density at radius 3 is 3.00 bits per heavy atom. The highest BCUT2D eigenvalue weighted by Gasteiger charge is 2.16. The number of rotatable bonds is 7. The number of ether oxygens (including phenoxy) is 1. The fourth-order valence-corrected chi connectivity index (χ4v) is 3.66. The van der Waals surface area contributed by atoms with E-state index in [9.17, 15) is 0 Å². The first-order chi connectivity index (χ1) is 9.65. The molecule has 1 atom stereocenters. The summed E-state index contributed by atoms with van der Waals surface area (Å²) in [7, 11) is 0. The molecule has 0 radical (unpaired) electrons. The number of nitrogens with one attached hydrogen (secondary N) is 1. The molecule has 0 bridgehead atoms. The number of thioether (sulfide) groups is 1. The van der Waals surface area contributed by atoms with Crippen LogP contribution in [0.25, 0.3) is 0 Å². The molecule has 1 aromatic carbocycles. The van der Waals surface area contributed by atoms with Gasteiger partial charge in [-0.25, -0.2) is 0 Å². The second kappa shape index (κ2) is 8.28. The standard InChI is InChI=1S/C16H24ClNOS/c1-12(2)9-18-10-13-5-6-14(17)8-16(13)20-11-15-4-3-7-19-15/h5-6,8,12,15,18H,3-4,7,9-11H2,1-2H3. The van der Waals surface area contributed by atoms with Crippen LogP contribution in [-0.2, 0) is 11.3 Å². The van der Waals surface area contributed by atoms with Crippen molar-refractivity contribution in [3.63, 3.8) is 0 Å².